The average molecular weight is 277 g/mol. The van der Waals surface area contributed by atoms with Crippen molar-refractivity contribution in [2.45, 2.75) is 46.0 Å². The zero-order valence-electron chi connectivity index (χ0n) is 12.9. The molecule has 1 rings (SSSR count). The molecular weight excluding hydrogens is 250 g/mol. The van der Waals surface area contributed by atoms with Crippen LogP contribution in [0.3, 0.4) is 0 Å². The van der Waals surface area contributed by atoms with E-state index in [-0.39, 0.29) is 5.91 Å². The first-order valence-electron chi connectivity index (χ1n) is 7.55. The molecule has 0 aromatic carbocycles. The Hall–Kier alpha value is -1.58. The number of aromatic nitrogens is 1. The molecular formula is C16H27N3O. The number of nitrogens with one attached hydrogen (secondary N) is 2. The number of rotatable bonds is 9. The lowest BCUT2D eigenvalue weighted by Crippen LogP contribution is -2.19. The molecule has 112 valence electrons. The molecule has 1 aromatic heterocycles. The lowest BCUT2D eigenvalue weighted by atomic mass is 10.0. The van der Waals surface area contributed by atoms with E-state index in [4.69, 9.17) is 0 Å². The molecule has 20 heavy (non-hydrogen) atoms. The minimum Gasteiger partial charge on any atom is -0.385 e. The quantitative estimate of drug-likeness (QED) is 0.680. The summed E-state index contributed by atoms with van der Waals surface area (Å²) < 4.78 is 0. The number of pyridine rings is 1. The smallest absolute Gasteiger partial charge is 0.269 e. The van der Waals surface area contributed by atoms with Crippen LogP contribution in [0, 0.1) is 5.92 Å². The van der Waals surface area contributed by atoms with Gasteiger partial charge in [0.05, 0.1) is 0 Å². The third-order valence-corrected chi connectivity index (χ3v) is 3.26. The van der Waals surface area contributed by atoms with Crippen molar-refractivity contribution in [2.24, 2.45) is 5.92 Å². The Kier molecular flexibility index (Phi) is 7.70. The summed E-state index contributed by atoms with van der Waals surface area (Å²) in [7, 11) is 1.61. The highest BCUT2D eigenvalue weighted by Crippen LogP contribution is 2.11. The molecule has 1 aromatic rings. The largest absolute Gasteiger partial charge is 0.385 e. The highest BCUT2D eigenvalue weighted by Gasteiger charge is 2.04. The van der Waals surface area contributed by atoms with Crippen LogP contribution in [0.15, 0.2) is 18.3 Å². The standard InChI is InChI=1S/C16H27N3O/c1-13(2)8-6-4-5-7-10-18-14-9-11-19-15(12-14)16(20)17-3/h9,11-13H,4-8,10H2,1-3H3,(H,17,20)(H,18,19). The molecule has 0 saturated carbocycles. The van der Waals surface area contributed by atoms with Gasteiger partial charge in [0, 0.05) is 25.5 Å². The number of unbranched alkanes of at least 4 members (excludes halogenated alkanes) is 3. The summed E-state index contributed by atoms with van der Waals surface area (Å²) in [6.45, 7) is 5.49. The van der Waals surface area contributed by atoms with E-state index < -0.39 is 0 Å². The fourth-order valence-electron chi connectivity index (χ4n) is 2.06. The van der Waals surface area contributed by atoms with Crippen LogP contribution in [0.2, 0.25) is 0 Å². The van der Waals surface area contributed by atoms with Gasteiger partial charge in [0.25, 0.3) is 5.91 Å². The van der Waals surface area contributed by atoms with E-state index in [2.05, 4.69) is 29.5 Å². The molecule has 0 saturated heterocycles. The van der Waals surface area contributed by atoms with Crippen molar-refractivity contribution in [3.05, 3.63) is 24.0 Å². The van der Waals surface area contributed by atoms with Crippen molar-refractivity contribution in [1.29, 1.82) is 0 Å². The molecule has 0 fully saturated rings. The Morgan fingerprint density at radius 1 is 1.25 bits per heavy atom. The third-order valence-electron chi connectivity index (χ3n) is 3.26. The number of carbonyl (C=O) groups is 1. The second-order valence-electron chi connectivity index (χ2n) is 5.53. The van der Waals surface area contributed by atoms with Gasteiger partial charge in [-0.05, 0) is 24.5 Å². The zero-order chi connectivity index (χ0) is 14.8. The van der Waals surface area contributed by atoms with Gasteiger partial charge < -0.3 is 10.6 Å². The number of carbonyl (C=O) groups excluding carboxylic acids is 1. The molecule has 0 aliphatic rings. The van der Waals surface area contributed by atoms with Gasteiger partial charge in [0.2, 0.25) is 0 Å². The van der Waals surface area contributed by atoms with Crippen LogP contribution < -0.4 is 10.6 Å². The van der Waals surface area contributed by atoms with E-state index in [9.17, 15) is 4.79 Å². The molecule has 0 atom stereocenters. The molecule has 2 N–H and O–H groups in total. The van der Waals surface area contributed by atoms with Gasteiger partial charge in [-0.15, -0.1) is 0 Å². The summed E-state index contributed by atoms with van der Waals surface area (Å²) in [5, 5.41) is 5.92. The van der Waals surface area contributed by atoms with Crippen LogP contribution in [0.1, 0.15) is 56.4 Å². The van der Waals surface area contributed by atoms with Gasteiger partial charge >= 0.3 is 0 Å². The molecule has 0 aliphatic heterocycles. The van der Waals surface area contributed by atoms with E-state index >= 15 is 0 Å². The summed E-state index contributed by atoms with van der Waals surface area (Å²) >= 11 is 0. The van der Waals surface area contributed by atoms with Gasteiger partial charge in [0.1, 0.15) is 5.69 Å². The van der Waals surface area contributed by atoms with Crippen LogP contribution >= 0.6 is 0 Å². The highest BCUT2D eigenvalue weighted by molar-refractivity contribution is 5.92. The maximum absolute atomic E-state index is 11.5. The maximum Gasteiger partial charge on any atom is 0.269 e. The molecule has 0 spiro atoms. The molecule has 0 unspecified atom stereocenters. The van der Waals surface area contributed by atoms with E-state index in [1.807, 2.05) is 6.07 Å². The number of hydrogen-bond donors (Lipinski definition) is 2. The predicted molar refractivity (Wildman–Crippen MR) is 84.0 cm³/mol. The van der Waals surface area contributed by atoms with Crippen molar-refractivity contribution in [3.63, 3.8) is 0 Å². The summed E-state index contributed by atoms with van der Waals surface area (Å²) in [6.07, 6.45) is 8.04. The van der Waals surface area contributed by atoms with Crippen molar-refractivity contribution < 1.29 is 4.79 Å². The minimum absolute atomic E-state index is 0.151. The first-order valence-corrected chi connectivity index (χ1v) is 7.55. The van der Waals surface area contributed by atoms with E-state index in [1.54, 1.807) is 19.3 Å². The number of hydrogen-bond acceptors (Lipinski definition) is 3. The SMILES string of the molecule is CNC(=O)c1cc(NCCCCCCC(C)C)ccn1. The Bertz CT molecular complexity index is 404. The van der Waals surface area contributed by atoms with Crippen LogP contribution in [0.25, 0.3) is 0 Å². The molecule has 1 amide bonds. The van der Waals surface area contributed by atoms with Gasteiger partial charge in [-0.1, -0.05) is 39.5 Å². The first kappa shape index (κ1) is 16.5. The molecule has 0 bridgehead atoms. The topological polar surface area (TPSA) is 54.0 Å². The second kappa shape index (κ2) is 9.34. The molecule has 0 radical (unpaired) electrons. The van der Waals surface area contributed by atoms with Gasteiger partial charge in [-0.3, -0.25) is 9.78 Å². The van der Waals surface area contributed by atoms with Crippen LogP contribution in [0.4, 0.5) is 5.69 Å². The number of nitrogens with zero attached hydrogens (tertiary/aromatic N) is 1. The molecule has 0 aliphatic carbocycles. The Labute approximate surface area is 122 Å². The van der Waals surface area contributed by atoms with E-state index in [0.29, 0.717) is 5.69 Å². The summed E-state index contributed by atoms with van der Waals surface area (Å²) in [6, 6.07) is 3.68. The first-order chi connectivity index (χ1) is 9.63. The third kappa shape index (κ3) is 6.55. The van der Waals surface area contributed by atoms with Crippen LogP contribution in [-0.4, -0.2) is 24.5 Å². The predicted octanol–water partition coefficient (Wildman–Crippen LogP) is 3.46. The Morgan fingerprint density at radius 2 is 2.00 bits per heavy atom. The summed E-state index contributed by atoms with van der Waals surface area (Å²) in [4.78, 5) is 15.5. The van der Waals surface area contributed by atoms with E-state index in [0.717, 1.165) is 24.6 Å². The number of amides is 1. The molecule has 4 heteroatoms. The highest BCUT2D eigenvalue weighted by atomic mass is 16.1. The van der Waals surface area contributed by atoms with E-state index in [1.165, 1.54) is 25.7 Å². The maximum atomic E-state index is 11.5. The van der Waals surface area contributed by atoms with Crippen LogP contribution in [-0.2, 0) is 0 Å². The fourth-order valence-corrected chi connectivity index (χ4v) is 2.06. The van der Waals surface area contributed by atoms with Gasteiger partial charge in [-0.2, -0.15) is 0 Å². The summed E-state index contributed by atoms with van der Waals surface area (Å²) in [5.41, 5.74) is 1.41. The zero-order valence-corrected chi connectivity index (χ0v) is 12.9. The number of anilines is 1. The lowest BCUT2D eigenvalue weighted by Gasteiger charge is -2.08. The normalized spacial score (nSPS) is 10.6. The second-order valence-corrected chi connectivity index (χ2v) is 5.53. The van der Waals surface area contributed by atoms with Crippen molar-refractivity contribution in [2.75, 3.05) is 18.9 Å². The fraction of sp³-hybridized carbons (Fsp3) is 0.625. The van der Waals surface area contributed by atoms with Gasteiger partial charge in [-0.25, -0.2) is 0 Å². The van der Waals surface area contributed by atoms with Gasteiger partial charge in [0.15, 0.2) is 0 Å². The van der Waals surface area contributed by atoms with Crippen molar-refractivity contribution >= 4 is 11.6 Å². The Balaban J connectivity index is 2.20. The molecule has 4 nitrogen and oxygen atoms in total. The lowest BCUT2D eigenvalue weighted by molar-refractivity contribution is 0.0958. The van der Waals surface area contributed by atoms with Crippen molar-refractivity contribution in [3.8, 4) is 0 Å². The summed E-state index contributed by atoms with van der Waals surface area (Å²) in [5.74, 6) is 0.662. The Morgan fingerprint density at radius 3 is 2.70 bits per heavy atom. The monoisotopic (exact) mass is 277 g/mol. The minimum atomic E-state index is -0.151. The van der Waals surface area contributed by atoms with Crippen molar-refractivity contribution in [1.82, 2.24) is 10.3 Å². The molecule has 1 heterocycles. The van der Waals surface area contributed by atoms with Crippen LogP contribution in [0.5, 0.6) is 0 Å². The average Bonchev–Trinajstić information content (AvgIpc) is 2.45.